The van der Waals surface area contributed by atoms with Crippen molar-refractivity contribution >= 4 is 40.9 Å². The molecular weight excluding hydrogens is 567 g/mol. The molecule has 0 aromatic heterocycles. The normalized spacial score (nSPS) is 17.6. The van der Waals surface area contributed by atoms with Crippen molar-refractivity contribution in [2.24, 2.45) is 5.73 Å². The monoisotopic (exact) mass is 597 g/mol. The number of halogens is 2. The van der Waals surface area contributed by atoms with E-state index in [1.165, 1.54) is 6.07 Å². The molecule has 3 aromatic carbocycles. The van der Waals surface area contributed by atoms with E-state index in [0.29, 0.717) is 65.8 Å². The number of amides is 3. The summed E-state index contributed by atoms with van der Waals surface area (Å²) in [6.07, 6.45) is 0.662. The third-order valence-electron chi connectivity index (χ3n) is 7.96. The van der Waals surface area contributed by atoms with Crippen molar-refractivity contribution in [1.82, 2.24) is 10.5 Å². The molecule has 1 unspecified atom stereocenters. The maximum atomic E-state index is 13.7. The molecule has 1 saturated heterocycles. The number of ether oxygens (including phenoxy) is 1. The molecule has 0 saturated carbocycles. The van der Waals surface area contributed by atoms with Crippen LogP contribution in [0.2, 0.25) is 10.0 Å². The van der Waals surface area contributed by atoms with E-state index in [-0.39, 0.29) is 17.4 Å². The van der Waals surface area contributed by atoms with Gasteiger partial charge < -0.3 is 15.3 Å². The number of quaternary nitrogens is 1. The van der Waals surface area contributed by atoms with E-state index < -0.39 is 17.7 Å². The highest BCUT2D eigenvalue weighted by Gasteiger charge is 2.41. The number of hydrogen-bond acceptors (Lipinski definition) is 5. The first-order valence-electron chi connectivity index (χ1n) is 13.3. The van der Waals surface area contributed by atoms with Gasteiger partial charge in [0.05, 0.1) is 36.2 Å². The average Bonchev–Trinajstić information content (AvgIpc) is 2.99. The highest BCUT2D eigenvalue weighted by atomic mass is 35.5. The topological polar surface area (TPSA) is 111 Å². The Kier molecular flexibility index (Phi) is 8.51. The van der Waals surface area contributed by atoms with Gasteiger partial charge in [-0.25, -0.2) is 4.59 Å². The third-order valence-corrected chi connectivity index (χ3v) is 8.68. The third kappa shape index (κ3) is 6.04. The Hall–Kier alpha value is -3.63. The Labute approximate surface area is 248 Å². The van der Waals surface area contributed by atoms with Crippen LogP contribution in [-0.4, -0.2) is 67.2 Å². The van der Waals surface area contributed by atoms with Crippen molar-refractivity contribution in [3.8, 4) is 16.9 Å². The van der Waals surface area contributed by atoms with Crippen LogP contribution < -0.4 is 16.1 Å². The number of morpholine rings is 1. The zero-order chi connectivity index (χ0) is 29.1. The fourth-order valence-electron chi connectivity index (χ4n) is 5.46. The summed E-state index contributed by atoms with van der Waals surface area (Å²) in [4.78, 5) is 43.6. The fourth-order valence-corrected chi connectivity index (χ4v) is 5.79. The Morgan fingerprint density at radius 3 is 2.44 bits per heavy atom. The minimum absolute atomic E-state index is 0.0501. The lowest BCUT2D eigenvalue weighted by Crippen LogP contribution is -2.66. The number of carbonyl (C=O) groups is 3. The number of nitrogens with two attached hydrogens (primary N) is 1. The molecule has 2 aliphatic rings. The molecule has 1 atom stereocenters. The quantitative estimate of drug-likeness (QED) is 0.379. The smallest absolute Gasteiger partial charge is 0.268 e. The summed E-state index contributed by atoms with van der Waals surface area (Å²) < 4.78 is 6.05. The molecule has 0 spiro atoms. The largest absolute Gasteiger partial charge is 0.379 e. The van der Waals surface area contributed by atoms with Gasteiger partial charge in [0.25, 0.3) is 11.8 Å². The van der Waals surface area contributed by atoms with Gasteiger partial charge in [-0.2, -0.15) is 10.5 Å². The number of primary amides is 1. The van der Waals surface area contributed by atoms with Gasteiger partial charge in [0.2, 0.25) is 5.91 Å². The van der Waals surface area contributed by atoms with Gasteiger partial charge >= 0.3 is 0 Å². The second-order valence-electron chi connectivity index (χ2n) is 10.3. The van der Waals surface area contributed by atoms with Crippen molar-refractivity contribution < 1.29 is 28.6 Å². The summed E-state index contributed by atoms with van der Waals surface area (Å²) >= 11 is 12.3. The zero-order valence-corrected chi connectivity index (χ0v) is 24.1. The number of benzene rings is 3. The average molecular weight is 599 g/mol. The molecule has 3 amide bonds. The SMILES string of the molecule is CN(C(=O)CC1C(=O)NOc2cc(Cl)c(Cl)cc21)[N+]1(CCc2ccc(-c3ccccc3C(N)=O)cc2)CCOCC1. The molecule has 0 aliphatic carbocycles. The summed E-state index contributed by atoms with van der Waals surface area (Å²) in [6.45, 7) is 2.97. The first-order valence-corrected chi connectivity index (χ1v) is 14.1. The van der Waals surface area contributed by atoms with E-state index in [4.69, 9.17) is 38.5 Å². The minimum Gasteiger partial charge on any atom is -0.379 e. The lowest BCUT2D eigenvalue weighted by Gasteiger charge is -2.46. The number of nitrogens with one attached hydrogen (secondary N) is 1. The first-order chi connectivity index (χ1) is 19.7. The maximum Gasteiger partial charge on any atom is 0.268 e. The van der Waals surface area contributed by atoms with Gasteiger partial charge in [0.1, 0.15) is 19.6 Å². The van der Waals surface area contributed by atoms with E-state index in [9.17, 15) is 14.4 Å². The highest BCUT2D eigenvalue weighted by Crippen LogP contribution is 2.38. The second-order valence-corrected chi connectivity index (χ2v) is 11.1. The van der Waals surface area contributed by atoms with E-state index >= 15 is 0 Å². The molecule has 3 aromatic rings. The molecule has 2 heterocycles. The van der Waals surface area contributed by atoms with Crippen LogP contribution in [0.1, 0.15) is 33.8 Å². The maximum absolute atomic E-state index is 13.7. The lowest BCUT2D eigenvalue weighted by atomic mass is 9.92. The van der Waals surface area contributed by atoms with Gasteiger partial charge in [0, 0.05) is 30.0 Å². The first kappa shape index (κ1) is 28.9. The molecule has 11 heteroatoms. The van der Waals surface area contributed by atoms with Gasteiger partial charge in [-0.15, -0.1) is 0 Å². The van der Waals surface area contributed by atoms with Crippen LogP contribution in [0.4, 0.5) is 0 Å². The van der Waals surface area contributed by atoms with Gasteiger partial charge in [-0.05, 0) is 28.8 Å². The molecule has 9 nitrogen and oxygen atoms in total. The predicted molar refractivity (Wildman–Crippen MR) is 155 cm³/mol. The number of nitrogens with zero attached hydrogens (tertiary/aromatic N) is 2. The van der Waals surface area contributed by atoms with E-state index in [0.717, 1.165) is 16.7 Å². The molecule has 5 rings (SSSR count). The van der Waals surface area contributed by atoms with Crippen LogP contribution in [0.3, 0.4) is 0 Å². The van der Waals surface area contributed by atoms with Gasteiger partial charge in [-0.3, -0.25) is 14.4 Å². The Bertz CT molecular complexity index is 1470. The fraction of sp³-hybridized carbons (Fsp3) is 0.300. The van der Waals surface area contributed by atoms with Crippen molar-refractivity contribution in [2.45, 2.75) is 18.8 Å². The van der Waals surface area contributed by atoms with Crippen molar-refractivity contribution in [3.05, 3.63) is 87.4 Å². The lowest BCUT2D eigenvalue weighted by molar-refractivity contribution is -1.03. The zero-order valence-electron chi connectivity index (χ0n) is 22.6. The van der Waals surface area contributed by atoms with Crippen LogP contribution in [0.25, 0.3) is 11.1 Å². The molecule has 2 aliphatic heterocycles. The van der Waals surface area contributed by atoms with Crippen LogP contribution in [-0.2, 0) is 20.7 Å². The molecule has 0 radical (unpaired) electrons. The standard InChI is InChI=1S/C30H30Cl2N4O5/c1-35(28(37)17-24-23-16-25(31)26(32)18-27(23)41-34-30(24)39)36(12-14-40-15-13-36)11-10-19-6-8-20(9-7-19)21-4-2-3-5-22(21)29(33)38/h2-9,16,18,24H,10-15,17H2,1H3,(H2-,33,34,38,39)/p+1. The second kappa shape index (κ2) is 12.1. The number of rotatable bonds is 8. The summed E-state index contributed by atoms with van der Waals surface area (Å²) in [6, 6.07) is 18.4. The number of hydrogen-bond donors (Lipinski definition) is 2. The van der Waals surface area contributed by atoms with Crippen LogP contribution in [0, 0.1) is 0 Å². The van der Waals surface area contributed by atoms with E-state index in [1.54, 1.807) is 30.3 Å². The Balaban J connectivity index is 1.32. The van der Waals surface area contributed by atoms with Crippen LogP contribution >= 0.6 is 23.2 Å². The Morgan fingerprint density at radius 1 is 1.05 bits per heavy atom. The minimum atomic E-state index is -0.764. The highest BCUT2D eigenvalue weighted by molar-refractivity contribution is 6.42. The molecule has 1 fully saturated rings. The van der Waals surface area contributed by atoms with Gasteiger partial charge in [-0.1, -0.05) is 65.7 Å². The molecular formula is C30H31Cl2N4O5+. The van der Waals surface area contributed by atoms with Crippen molar-refractivity contribution in [3.63, 3.8) is 0 Å². The van der Waals surface area contributed by atoms with Crippen molar-refractivity contribution in [2.75, 3.05) is 39.9 Å². The summed E-state index contributed by atoms with van der Waals surface area (Å²) in [5.74, 6) is -1.45. The van der Waals surface area contributed by atoms with Crippen LogP contribution in [0.15, 0.2) is 60.7 Å². The Morgan fingerprint density at radius 2 is 1.73 bits per heavy atom. The van der Waals surface area contributed by atoms with Crippen LogP contribution in [0.5, 0.6) is 5.75 Å². The predicted octanol–water partition coefficient (Wildman–Crippen LogP) is 4.12. The number of hydroxylamine groups is 1. The summed E-state index contributed by atoms with van der Waals surface area (Å²) in [7, 11) is 1.78. The summed E-state index contributed by atoms with van der Waals surface area (Å²) in [5, 5.41) is 2.32. The molecule has 0 bridgehead atoms. The molecule has 3 N–H and O–H groups in total. The van der Waals surface area contributed by atoms with E-state index in [2.05, 4.69) is 5.48 Å². The van der Waals surface area contributed by atoms with Gasteiger partial charge in [0.15, 0.2) is 5.75 Å². The number of fused-ring (bicyclic) bond motifs is 1. The van der Waals surface area contributed by atoms with Crippen molar-refractivity contribution in [1.29, 1.82) is 0 Å². The van der Waals surface area contributed by atoms with E-state index in [1.807, 2.05) is 36.4 Å². The number of carbonyl (C=O) groups excluding carboxylic acids is 3. The summed E-state index contributed by atoms with van der Waals surface area (Å²) in [5.41, 5.74) is 11.7. The molecule has 214 valence electrons. The molecule has 41 heavy (non-hydrogen) atoms.